The van der Waals surface area contributed by atoms with Crippen LogP contribution in [0.25, 0.3) is 0 Å². The van der Waals surface area contributed by atoms with E-state index in [1.807, 2.05) is 0 Å². The molecule has 3 rings (SSSR count). The standard InChI is InChI=1S/C11H12BrN/c12-9-3-1-2-8-7(9)4-5-11(8)6-10(11)13/h1-3,10H,4-6,13H2/t10-,11-/m0/s1. The summed E-state index contributed by atoms with van der Waals surface area (Å²) in [5, 5.41) is 0. The van der Waals surface area contributed by atoms with Gasteiger partial charge < -0.3 is 5.73 Å². The van der Waals surface area contributed by atoms with Gasteiger partial charge in [-0.2, -0.15) is 0 Å². The first-order chi connectivity index (χ1) is 6.24. The second kappa shape index (κ2) is 2.37. The minimum Gasteiger partial charge on any atom is -0.327 e. The lowest BCUT2D eigenvalue weighted by atomic mass is 9.98. The highest BCUT2D eigenvalue weighted by Gasteiger charge is 2.56. The van der Waals surface area contributed by atoms with Gasteiger partial charge >= 0.3 is 0 Å². The predicted octanol–water partition coefficient (Wildman–Crippen LogP) is 2.36. The van der Waals surface area contributed by atoms with Crippen molar-refractivity contribution in [1.82, 2.24) is 0 Å². The molecule has 1 aromatic rings. The Morgan fingerprint density at radius 2 is 2.23 bits per heavy atom. The zero-order valence-electron chi connectivity index (χ0n) is 7.39. The molecule has 1 saturated carbocycles. The van der Waals surface area contributed by atoms with Gasteiger partial charge in [-0.15, -0.1) is 0 Å². The van der Waals surface area contributed by atoms with E-state index < -0.39 is 0 Å². The maximum Gasteiger partial charge on any atom is 0.0210 e. The molecule has 2 heteroatoms. The SMILES string of the molecule is N[C@H]1C[C@]12CCc1c(Br)cccc12. The molecule has 1 fully saturated rings. The van der Waals surface area contributed by atoms with Crippen molar-refractivity contribution in [1.29, 1.82) is 0 Å². The largest absolute Gasteiger partial charge is 0.327 e. The van der Waals surface area contributed by atoms with Crippen molar-refractivity contribution in [3.8, 4) is 0 Å². The van der Waals surface area contributed by atoms with Crippen molar-refractivity contribution in [3.63, 3.8) is 0 Å². The van der Waals surface area contributed by atoms with E-state index >= 15 is 0 Å². The summed E-state index contributed by atoms with van der Waals surface area (Å²) >= 11 is 3.61. The van der Waals surface area contributed by atoms with E-state index in [1.54, 1.807) is 0 Å². The van der Waals surface area contributed by atoms with Gasteiger partial charge in [0.2, 0.25) is 0 Å². The highest BCUT2D eigenvalue weighted by molar-refractivity contribution is 9.10. The molecule has 13 heavy (non-hydrogen) atoms. The normalized spacial score (nSPS) is 35.1. The van der Waals surface area contributed by atoms with E-state index in [0.717, 1.165) is 0 Å². The lowest BCUT2D eigenvalue weighted by molar-refractivity contribution is 0.651. The van der Waals surface area contributed by atoms with Gasteiger partial charge in [-0.1, -0.05) is 28.1 Å². The third-order valence-electron chi connectivity index (χ3n) is 3.61. The van der Waals surface area contributed by atoms with Crippen LogP contribution in [0.5, 0.6) is 0 Å². The first-order valence-electron chi connectivity index (χ1n) is 4.77. The Bertz CT molecular complexity index is 374. The van der Waals surface area contributed by atoms with E-state index in [1.165, 1.54) is 34.9 Å². The van der Waals surface area contributed by atoms with Crippen LogP contribution in [0.4, 0.5) is 0 Å². The molecule has 2 N–H and O–H groups in total. The molecule has 0 heterocycles. The van der Waals surface area contributed by atoms with E-state index in [0.29, 0.717) is 11.5 Å². The Labute approximate surface area is 86.5 Å². The quantitative estimate of drug-likeness (QED) is 0.737. The van der Waals surface area contributed by atoms with E-state index in [4.69, 9.17) is 5.73 Å². The molecule has 0 unspecified atom stereocenters. The lowest BCUT2D eigenvalue weighted by Gasteiger charge is -2.09. The van der Waals surface area contributed by atoms with Crippen molar-refractivity contribution in [2.75, 3.05) is 0 Å². The number of nitrogens with two attached hydrogens (primary N) is 1. The van der Waals surface area contributed by atoms with Crippen LogP contribution < -0.4 is 5.73 Å². The Kier molecular flexibility index (Phi) is 1.46. The van der Waals surface area contributed by atoms with Gasteiger partial charge in [-0.3, -0.25) is 0 Å². The number of fused-ring (bicyclic) bond motifs is 2. The van der Waals surface area contributed by atoms with Gasteiger partial charge in [-0.25, -0.2) is 0 Å². The fourth-order valence-electron chi connectivity index (χ4n) is 2.69. The third-order valence-corrected chi connectivity index (χ3v) is 4.35. The van der Waals surface area contributed by atoms with Crippen LogP contribution in [0.2, 0.25) is 0 Å². The van der Waals surface area contributed by atoms with Crippen molar-refractivity contribution in [3.05, 3.63) is 33.8 Å². The van der Waals surface area contributed by atoms with Crippen molar-refractivity contribution in [2.24, 2.45) is 5.73 Å². The average molecular weight is 238 g/mol. The van der Waals surface area contributed by atoms with Crippen LogP contribution in [-0.4, -0.2) is 6.04 Å². The first-order valence-corrected chi connectivity index (χ1v) is 5.57. The molecule has 1 nitrogen and oxygen atoms in total. The van der Waals surface area contributed by atoms with Crippen LogP contribution in [-0.2, 0) is 11.8 Å². The maximum absolute atomic E-state index is 6.01. The zero-order valence-corrected chi connectivity index (χ0v) is 8.97. The molecule has 2 atom stereocenters. The molecule has 1 spiro atoms. The molecule has 0 saturated heterocycles. The zero-order chi connectivity index (χ0) is 9.05. The molecule has 1 aromatic carbocycles. The lowest BCUT2D eigenvalue weighted by Crippen LogP contribution is -2.14. The number of hydrogen-bond donors (Lipinski definition) is 1. The molecule has 0 amide bonds. The number of halogens is 1. The van der Waals surface area contributed by atoms with Crippen LogP contribution in [0.3, 0.4) is 0 Å². The summed E-state index contributed by atoms with van der Waals surface area (Å²) in [6.07, 6.45) is 3.65. The maximum atomic E-state index is 6.01. The molecule has 0 bridgehead atoms. The van der Waals surface area contributed by atoms with Crippen LogP contribution in [0.1, 0.15) is 24.0 Å². The molecule has 0 aromatic heterocycles. The average Bonchev–Trinajstić information content (AvgIpc) is 2.57. The summed E-state index contributed by atoms with van der Waals surface area (Å²) in [6, 6.07) is 6.93. The Balaban J connectivity index is 2.18. The third kappa shape index (κ3) is 0.906. The van der Waals surface area contributed by atoms with Crippen LogP contribution >= 0.6 is 15.9 Å². The summed E-state index contributed by atoms with van der Waals surface area (Å²) in [6.45, 7) is 0. The van der Waals surface area contributed by atoms with Crippen molar-refractivity contribution < 1.29 is 0 Å². The topological polar surface area (TPSA) is 26.0 Å². The summed E-state index contributed by atoms with van der Waals surface area (Å²) in [4.78, 5) is 0. The predicted molar refractivity (Wildman–Crippen MR) is 56.7 cm³/mol. The Morgan fingerprint density at radius 1 is 1.46 bits per heavy atom. The number of hydrogen-bond acceptors (Lipinski definition) is 1. The summed E-state index contributed by atoms with van der Waals surface area (Å²) in [5.74, 6) is 0. The second-order valence-corrected chi connectivity index (χ2v) is 5.09. The Morgan fingerprint density at radius 3 is 2.92 bits per heavy atom. The van der Waals surface area contributed by atoms with Gasteiger partial charge in [0.15, 0.2) is 0 Å². The Hall–Kier alpha value is -0.340. The molecule has 2 aliphatic carbocycles. The molecule has 2 aliphatic rings. The van der Waals surface area contributed by atoms with E-state index in [-0.39, 0.29) is 0 Å². The smallest absolute Gasteiger partial charge is 0.0210 e. The van der Waals surface area contributed by atoms with E-state index in [9.17, 15) is 0 Å². The van der Waals surface area contributed by atoms with Gasteiger partial charge in [0.25, 0.3) is 0 Å². The van der Waals surface area contributed by atoms with Gasteiger partial charge in [0, 0.05) is 15.9 Å². The van der Waals surface area contributed by atoms with Gasteiger partial charge in [0.1, 0.15) is 0 Å². The highest BCUT2D eigenvalue weighted by atomic mass is 79.9. The summed E-state index contributed by atoms with van der Waals surface area (Å²) in [7, 11) is 0. The molecular formula is C11H12BrN. The van der Waals surface area contributed by atoms with Gasteiger partial charge in [-0.05, 0) is 36.5 Å². The molecule has 0 radical (unpaired) electrons. The minimum atomic E-state index is 0.374. The van der Waals surface area contributed by atoms with Crippen molar-refractivity contribution >= 4 is 15.9 Å². The van der Waals surface area contributed by atoms with Gasteiger partial charge in [0.05, 0.1) is 0 Å². The summed E-state index contributed by atoms with van der Waals surface area (Å²) < 4.78 is 1.26. The van der Waals surface area contributed by atoms with Crippen LogP contribution in [0.15, 0.2) is 22.7 Å². The first kappa shape index (κ1) is 8.01. The highest BCUT2D eigenvalue weighted by Crippen LogP contribution is 2.56. The van der Waals surface area contributed by atoms with Crippen LogP contribution in [0, 0.1) is 0 Å². The molecular weight excluding hydrogens is 226 g/mol. The second-order valence-electron chi connectivity index (χ2n) is 4.23. The minimum absolute atomic E-state index is 0.374. The fourth-order valence-corrected chi connectivity index (χ4v) is 3.26. The number of rotatable bonds is 0. The fraction of sp³-hybridized carbons (Fsp3) is 0.455. The summed E-state index contributed by atoms with van der Waals surface area (Å²) in [5.41, 5.74) is 9.39. The molecule has 0 aliphatic heterocycles. The van der Waals surface area contributed by atoms with Crippen molar-refractivity contribution in [2.45, 2.75) is 30.7 Å². The monoisotopic (exact) mass is 237 g/mol. The number of benzene rings is 1. The van der Waals surface area contributed by atoms with E-state index in [2.05, 4.69) is 34.1 Å². The molecule has 68 valence electrons.